The van der Waals surface area contributed by atoms with Gasteiger partial charge in [0.2, 0.25) is 0 Å². The quantitative estimate of drug-likeness (QED) is 0.334. The third-order valence-corrected chi connectivity index (χ3v) is 2.47. The normalized spacial score (nSPS) is 10.4. The molecule has 110 valence electrons. The van der Waals surface area contributed by atoms with Crippen molar-refractivity contribution in [3.63, 3.8) is 0 Å². The largest absolute Gasteiger partial charge is 0.493 e. The van der Waals surface area contributed by atoms with Crippen molar-refractivity contribution in [3.8, 4) is 17.6 Å². The van der Waals surface area contributed by atoms with Gasteiger partial charge in [-0.2, -0.15) is 5.26 Å². The number of nitrogens with zero attached hydrogens (tertiary/aromatic N) is 1. The topological polar surface area (TPSA) is 68.5 Å². The molecule has 0 fully saturated rings. The van der Waals surface area contributed by atoms with Gasteiger partial charge >= 0.3 is 5.97 Å². The molecule has 5 heteroatoms. The van der Waals surface area contributed by atoms with Crippen molar-refractivity contribution in [2.45, 2.75) is 6.92 Å². The Kier molecular flexibility index (Phi) is 6.55. The van der Waals surface area contributed by atoms with E-state index in [9.17, 15) is 4.79 Å². The minimum atomic E-state index is -0.647. The zero-order valence-electron chi connectivity index (χ0n) is 12.1. The van der Waals surface area contributed by atoms with Gasteiger partial charge in [-0.3, -0.25) is 0 Å². The summed E-state index contributed by atoms with van der Waals surface area (Å²) in [6, 6.07) is 6.92. The fourth-order valence-corrected chi connectivity index (χ4v) is 1.55. The Hall–Kier alpha value is -2.74. The summed E-state index contributed by atoms with van der Waals surface area (Å²) in [5, 5.41) is 9.00. The summed E-state index contributed by atoms with van der Waals surface area (Å²) < 4.78 is 15.5. The van der Waals surface area contributed by atoms with Gasteiger partial charge in [0, 0.05) is 0 Å². The van der Waals surface area contributed by atoms with E-state index in [2.05, 4.69) is 6.58 Å². The fourth-order valence-electron chi connectivity index (χ4n) is 1.55. The first-order valence-corrected chi connectivity index (χ1v) is 6.36. The van der Waals surface area contributed by atoms with E-state index in [4.69, 9.17) is 19.5 Å². The lowest BCUT2D eigenvalue weighted by Gasteiger charge is -2.10. The zero-order chi connectivity index (χ0) is 15.7. The maximum atomic E-state index is 11.6. The molecular weight excluding hydrogens is 270 g/mol. The first-order chi connectivity index (χ1) is 10.2. The van der Waals surface area contributed by atoms with Gasteiger partial charge < -0.3 is 14.2 Å². The van der Waals surface area contributed by atoms with Gasteiger partial charge in [-0.25, -0.2) is 4.79 Å². The van der Waals surface area contributed by atoms with Gasteiger partial charge in [0.05, 0.1) is 13.7 Å². The molecule has 21 heavy (non-hydrogen) atoms. The smallest absolute Gasteiger partial charge is 0.348 e. The molecule has 0 saturated heterocycles. The van der Waals surface area contributed by atoms with Crippen molar-refractivity contribution in [2.24, 2.45) is 0 Å². The van der Waals surface area contributed by atoms with E-state index in [-0.39, 0.29) is 12.2 Å². The number of carbonyl (C=O) groups excluding carboxylic acids is 1. The van der Waals surface area contributed by atoms with Gasteiger partial charge in [-0.05, 0) is 30.7 Å². The van der Waals surface area contributed by atoms with Crippen molar-refractivity contribution in [1.82, 2.24) is 0 Å². The summed E-state index contributed by atoms with van der Waals surface area (Å²) in [5.74, 6) is 0.418. The number of esters is 1. The van der Waals surface area contributed by atoms with E-state index < -0.39 is 5.97 Å². The minimum absolute atomic E-state index is 0.0707. The van der Waals surface area contributed by atoms with E-state index >= 15 is 0 Å². The van der Waals surface area contributed by atoms with Crippen LogP contribution in [0.5, 0.6) is 11.5 Å². The number of hydrogen-bond acceptors (Lipinski definition) is 5. The van der Waals surface area contributed by atoms with Gasteiger partial charge in [0.1, 0.15) is 18.2 Å². The number of methoxy groups -OCH3 is 1. The number of ether oxygens (including phenoxy) is 3. The van der Waals surface area contributed by atoms with Crippen LogP contribution in [0.1, 0.15) is 12.5 Å². The lowest BCUT2D eigenvalue weighted by Crippen LogP contribution is -2.06. The van der Waals surface area contributed by atoms with Crippen LogP contribution in [-0.2, 0) is 9.53 Å². The summed E-state index contributed by atoms with van der Waals surface area (Å²) in [5.41, 5.74) is 0.570. The van der Waals surface area contributed by atoms with Gasteiger partial charge in [-0.15, -0.1) is 0 Å². The second kappa shape index (κ2) is 8.43. The van der Waals surface area contributed by atoms with Crippen molar-refractivity contribution in [2.75, 3.05) is 20.3 Å². The molecule has 1 rings (SSSR count). The molecule has 1 aromatic carbocycles. The third kappa shape index (κ3) is 4.69. The van der Waals surface area contributed by atoms with Crippen LogP contribution < -0.4 is 9.47 Å². The zero-order valence-corrected chi connectivity index (χ0v) is 12.1. The van der Waals surface area contributed by atoms with Gasteiger partial charge in [0.25, 0.3) is 0 Å². The molecule has 0 atom stereocenters. The van der Waals surface area contributed by atoms with E-state index in [1.165, 1.54) is 13.2 Å². The molecule has 0 aromatic heterocycles. The summed E-state index contributed by atoms with van der Waals surface area (Å²) in [7, 11) is 1.51. The molecule has 0 aliphatic heterocycles. The van der Waals surface area contributed by atoms with Crippen LogP contribution >= 0.6 is 0 Å². The van der Waals surface area contributed by atoms with Crippen LogP contribution in [-0.4, -0.2) is 26.3 Å². The second-order valence-corrected chi connectivity index (χ2v) is 3.90. The van der Waals surface area contributed by atoms with E-state index in [0.29, 0.717) is 23.7 Å². The molecule has 0 aliphatic rings. The highest BCUT2D eigenvalue weighted by Gasteiger charge is 2.11. The first-order valence-electron chi connectivity index (χ1n) is 6.36. The Morgan fingerprint density at radius 1 is 1.43 bits per heavy atom. The molecule has 0 spiro atoms. The number of nitriles is 1. The highest BCUT2D eigenvalue weighted by molar-refractivity contribution is 5.97. The summed E-state index contributed by atoms with van der Waals surface area (Å²) in [6.07, 6.45) is 3.07. The molecule has 0 radical (unpaired) electrons. The third-order valence-electron chi connectivity index (χ3n) is 2.47. The molecular formula is C16H17NO4. The molecule has 0 amide bonds. The lowest BCUT2D eigenvalue weighted by atomic mass is 10.1. The van der Waals surface area contributed by atoms with Crippen LogP contribution in [0.3, 0.4) is 0 Å². The maximum Gasteiger partial charge on any atom is 0.348 e. The average molecular weight is 287 g/mol. The monoisotopic (exact) mass is 287 g/mol. The maximum absolute atomic E-state index is 11.6. The molecule has 0 saturated carbocycles. The predicted octanol–water partition coefficient (Wildman–Crippen LogP) is 2.73. The standard InChI is InChI=1S/C16H17NO4/c1-4-8-21-14-7-6-12(10-15(14)19-3)9-13(11-17)16(18)20-5-2/h4,6-7,9-10H,1,5,8H2,2-3H3/b13-9-. The van der Waals surface area contributed by atoms with Crippen molar-refractivity contribution in [1.29, 1.82) is 5.26 Å². The number of hydrogen-bond donors (Lipinski definition) is 0. The SMILES string of the molecule is C=CCOc1ccc(/C=C(/C#N)C(=O)OCC)cc1OC. The highest BCUT2D eigenvalue weighted by Crippen LogP contribution is 2.29. The Morgan fingerprint density at radius 3 is 2.76 bits per heavy atom. The lowest BCUT2D eigenvalue weighted by molar-refractivity contribution is -0.137. The fraction of sp³-hybridized carbons (Fsp3) is 0.250. The van der Waals surface area contributed by atoms with Crippen LogP contribution in [0.25, 0.3) is 6.08 Å². The summed E-state index contributed by atoms with van der Waals surface area (Å²) in [4.78, 5) is 11.6. The summed E-state index contributed by atoms with van der Waals surface area (Å²) in [6.45, 7) is 5.83. The average Bonchev–Trinajstić information content (AvgIpc) is 2.51. The van der Waals surface area contributed by atoms with Crippen LogP contribution in [0, 0.1) is 11.3 Å². The number of carbonyl (C=O) groups is 1. The molecule has 5 nitrogen and oxygen atoms in total. The van der Waals surface area contributed by atoms with E-state index in [1.807, 2.05) is 6.07 Å². The molecule has 1 aromatic rings. The van der Waals surface area contributed by atoms with Crippen molar-refractivity contribution < 1.29 is 19.0 Å². The molecule has 0 N–H and O–H groups in total. The van der Waals surface area contributed by atoms with E-state index in [1.54, 1.807) is 31.2 Å². The van der Waals surface area contributed by atoms with Crippen molar-refractivity contribution >= 4 is 12.0 Å². The molecule has 0 bridgehead atoms. The molecule has 0 heterocycles. The Labute approximate surface area is 124 Å². The minimum Gasteiger partial charge on any atom is -0.493 e. The number of rotatable bonds is 7. The first kappa shape index (κ1) is 16.3. The van der Waals surface area contributed by atoms with Gasteiger partial charge in [-0.1, -0.05) is 18.7 Å². The van der Waals surface area contributed by atoms with Crippen molar-refractivity contribution in [3.05, 3.63) is 42.0 Å². The van der Waals surface area contributed by atoms with E-state index in [0.717, 1.165) is 0 Å². The van der Waals surface area contributed by atoms with Crippen LogP contribution in [0.15, 0.2) is 36.4 Å². The summed E-state index contributed by atoms with van der Waals surface area (Å²) >= 11 is 0. The van der Waals surface area contributed by atoms with Gasteiger partial charge in [0.15, 0.2) is 11.5 Å². The molecule has 0 aliphatic carbocycles. The molecule has 0 unspecified atom stereocenters. The Bertz CT molecular complexity index is 584. The Balaban J connectivity index is 3.05. The predicted molar refractivity (Wildman–Crippen MR) is 78.9 cm³/mol. The van der Waals surface area contributed by atoms with Crippen LogP contribution in [0.4, 0.5) is 0 Å². The second-order valence-electron chi connectivity index (χ2n) is 3.90. The Morgan fingerprint density at radius 2 is 2.19 bits per heavy atom. The highest BCUT2D eigenvalue weighted by atomic mass is 16.5. The number of benzene rings is 1. The van der Waals surface area contributed by atoms with Crippen LogP contribution in [0.2, 0.25) is 0 Å².